The van der Waals surface area contributed by atoms with Gasteiger partial charge in [0.15, 0.2) is 0 Å². The molecule has 0 radical (unpaired) electrons. The highest BCUT2D eigenvalue weighted by atomic mass is 19.1. The molecule has 0 aliphatic heterocycles. The Labute approximate surface area is 109 Å². The molecule has 1 atom stereocenters. The van der Waals surface area contributed by atoms with Gasteiger partial charge in [0.2, 0.25) is 0 Å². The van der Waals surface area contributed by atoms with E-state index in [9.17, 15) is 9.50 Å². The van der Waals surface area contributed by atoms with E-state index in [-0.39, 0.29) is 11.6 Å². The van der Waals surface area contributed by atoms with Gasteiger partial charge in [-0.05, 0) is 37.0 Å². The van der Waals surface area contributed by atoms with Gasteiger partial charge in [0.05, 0.1) is 0 Å². The van der Waals surface area contributed by atoms with Crippen LogP contribution in [0.2, 0.25) is 0 Å². The molecule has 0 spiro atoms. The van der Waals surface area contributed by atoms with Gasteiger partial charge in [-0.15, -0.1) is 0 Å². The van der Waals surface area contributed by atoms with Crippen LogP contribution in [-0.4, -0.2) is 11.1 Å². The maximum atomic E-state index is 13.1. The van der Waals surface area contributed by atoms with Crippen molar-refractivity contribution in [3.05, 3.63) is 29.6 Å². The maximum absolute atomic E-state index is 13.1. The maximum Gasteiger partial charge on any atom is 0.127 e. The molecule has 1 rings (SSSR count). The number of halogens is 1. The van der Waals surface area contributed by atoms with Crippen molar-refractivity contribution >= 4 is 0 Å². The molecule has 0 bridgehead atoms. The van der Waals surface area contributed by atoms with E-state index < -0.39 is 0 Å². The summed E-state index contributed by atoms with van der Waals surface area (Å²) < 4.78 is 13.1. The average molecular weight is 253 g/mol. The first kappa shape index (κ1) is 15.0. The Hall–Kier alpha value is -1.09. The molecule has 0 heterocycles. The second kappa shape index (κ2) is 7.37. The summed E-state index contributed by atoms with van der Waals surface area (Å²) in [4.78, 5) is 0. The second-order valence-electron chi connectivity index (χ2n) is 5.42. The summed E-state index contributed by atoms with van der Waals surface area (Å²) in [6.45, 7) is 7.19. The lowest BCUT2D eigenvalue weighted by atomic mass is 10.0. The van der Waals surface area contributed by atoms with Crippen LogP contribution >= 0.6 is 0 Å². The van der Waals surface area contributed by atoms with Crippen molar-refractivity contribution in [2.75, 3.05) is 0 Å². The van der Waals surface area contributed by atoms with Gasteiger partial charge in [-0.1, -0.05) is 26.7 Å². The lowest BCUT2D eigenvalue weighted by molar-refractivity contribution is 0.451. The fraction of sp³-hybridized carbons (Fsp3) is 0.600. The van der Waals surface area contributed by atoms with E-state index in [0.717, 1.165) is 24.0 Å². The molecule has 1 aromatic carbocycles. The summed E-state index contributed by atoms with van der Waals surface area (Å²) in [6.07, 6.45) is 3.58. The molecular formula is C15H24FNO. The lowest BCUT2D eigenvalue weighted by Crippen LogP contribution is -2.25. The molecule has 18 heavy (non-hydrogen) atoms. The Morgan fingerprint density at radius 1 is 1.17 bits per heavy atom. The first-order chi connectivity index (χ1) is 8.47. The van der Waals surface area contributed by atoms with E-state index in [1.165, 1.54) is 18.9 Å². The van der Waals surface area contributed by atoms with Crippen molar-refractivity contribution in [3.8, 4) is 5.75 Å². The number of phenols is 1. The monoisotopic (exact) mass is 253 g/mol. The van der Waals surface area contributed by atoms with Crippen LogP contribution in [0.15, 0.2) is 18.2 Å². The van der Waals surface area contributed by atoms with Gasteiger partial charge in [0.1, 0.15) is 11.6 Å². The highest BCUT2D eigenvalue weighted by Gasteiger charge is 2.04. The molecule has 0 amide bonds. The van der Waals surface area contributed by atoms with Crippen molar-refractivity contribution in [1.29, 1.82) is 0 Å². The summed E-state index contributed by atoms with van der Waals surface area (Å²) >= 11 is 0. The predicted octanol–water partition coefficient (Wildman–Crippen LogP) is 3.84. The van der Waals surface area contributed by atoms with Crippen LogP contribution in [0.5, 0.6) is 5.75 Å². The average Bonchev–Trinajstić information content (AvgIpc) is 2.24. The topological polar surface area (TPSA) is 32.3 Å². The third kappa shape index (κ3) is 6.01. The number of aromatic hydroxyl groups is 1. The van der Waals surface area contributed by atoms with E-state index >= 15 is 0 Å². The number of phenolic OH excluding ortho intramolecular Hbond substituents is 1. The van der Waals surface area contributed by atoms with Crippen LogP contribution in [0.3, 0.4) is 0 Å². The molecular weight excluding hydrogens is 229 g/mol. The Balaban J connectivity index is 2.31. The van der Waals surface area contributed by atoms with Gasteiger partial charge in [-0.2, -0.15) is 0 Å². The highest BCUT2D eigenvalue weighted by Crippen LogP contribution is 2.15. The van der Waals surface area contributed by atoms with E-state index in [4.69, 9.17) is 0 Å². The second-order valence-corrected chi connectivity index (χ2v) is 5.42. The third-order valence-electron chi connectivity index (χ3n) is 3.02. The van der Waals surface area contributed by atoms with Crippen LogP contribution in [0.1, 0.15) is 45.6 Å². The smallest absolute Gasteiger partial charge is 0.127 e. The molecule has 3 heteroatoms. The van der Waals surface area contributed by atoms with Crippen molar-refractivity contribution in [2.45, 2.75) is 52.6 Å². The van der Waals surface area contributed by atoms with Crippen molar-refractivity contribution in [2.24, 2.45) is 5.92 Å². The van der Waals surface area contributed by atoms with Crippen molar-refractivity contribution < 1.29 is 9.50 Å². The van der Waals surface area contributed by atoms with Crippen molar-refractivity contribution in [3.63, 3.8) is 0 Å². The summed E-state index contributed by atoms with van der Waals surface area (Å²) in [7, 11) is 0. The lowest BCUT2D eigenvalue weighted by Gasteiger charge is -2.14. The number of rotatable bonds is 7. The largest absolute Gasteiger partial charge is 0.508 e. The van der Waals surface area contributed by atoms with Gasteiger partial charge < -0.3 is 10.4 Å². The van der Waals surface area contributed by atoms with E-state index in [2.05, 4.69) is 26.1 Å². The molecule has 0 aliphatic carbocycles. The zero-order valence-corrected chi connectivity index (χ0v) is 11.5. The molecule has 0 fully saturated rings. The number of hydrogen-bond acceptors (Lipinski definition) is 2. The molecule has 1 aromatic rings. The summed E-state index contributed by atoms with van der Waals surface area (Å²) in [5, 5.41) is 12.6. The van der Waals surface area contributed by atoms with Crippen LogP contribution in [0.25, 0.3) is 0 Å². The van der Waals surface area contributed by atoms with Gasteiger partial charge in [0, 0.05) is 18.7 Å². The molecule has 0 saturated carbocycles. The van der Waals surface area contributed by atoms with Crippen LogP contribution < -0.4 is 5.32 Å². The molecule has 2 N–H and O–H groups in total. The van der Waals surface area contributed by atoms with Gasteiger partial charge in [-0.3, -0.25) is 0 Å². The van der Waals surface area contributed by atoms with E-state index in [1.54, 1.807) is 6.07 Å². The number of benzene rings is 1. The summed E-state index contributed by atoms with van der Waals surface area (Å²) in [5.74, 6) is 0.343. The van der Waals surface area contributed by atoms with Crippen LogP contribution in [0, 0.1) is 11.7 Å². The minimum absolute atomic E-state index is 0.0146. The fourth-order valence-electron chi connectivity index (χ4n) is 1.96. The van der Waals surface area contributed by atoms with Gasteiger partial charge >= 0.3 is 0 Å². The fourth-order valence-corrected chi connectivity index (χ4v) is 1.96. The minimum atomic E-state index is -0.390. The Morgan fingerprint density at radius 2 is 1.89 bits per heavy atom. The first-order valence-corrected chi connectivity index (χ1v) is 6.69. The number of hydrogen-bond donors (Lipinski definition) is 2. The minimum Gasteiger partial charge on any atom is -0.508 e. The zero-order chi connectivity index (χ0) is 13.5. The van der Waals surface area contributed by atoms with Crippen LogP contribution in [-0.2, 0) is 6.54 Å². The highest BCUT2D eigenvalue weighted by molar-refractivity contribution is 5.28. The van der Waals surface area contributed by atoms with Crippen molar-refractivity contribution in [1.82, 2.24) is 5.32 Å². The molecule has 0 aromatic heterocycles. The summed E-state index contributed by atoms with van der Waals surface area (Å²) in [6, 6.07) is 4.58. The molecule has 0 saturated heterocycles. The van der Waals surface area contributed by atoms with E-state index in [1.807, 2.05) is 0 Å². The van der Waals surface area contributed by atoms with Gasteiger partial charge in [0.25, 0.3) is 0 Å². The van der Waals surface area contributed by atoms with Crippen LogP contribution in [0.4, 0.5) is 4.39 Å². The Kier molecular flexibility index (Phi) is 6.13. The molecule has 2 nitrogen and oxygen atoms in total. The molecule has 1 unspecified atom stereocenters. The first-order valence-electron chi connectivity index (χ1n) is 6.69. The third-order valence-corrected chi connectivity index (χ3v) is 3.02. The normalized spacial score (nSPS) is 12.9. The number of nitrogens with one attached hydrogen (secondary N) is 1. The SMILES string of the molecule is CC(C)CCCC(C)NCc1cc(O)cc(F)c1. The zero-order valence-electron chi connectivity index (χ0n) is 11.5. The van der Waals surface area contributed by atoms with E-state index in [0.29, 0.717) is 12.6 Å². The Bertz CT molecular complexity index is 345. The van der Waals surface area contributed by atoms with Gasteiger partial charge in [-0.25, -0.2) is 4.39 Å². The standard InChI is InChI=1S/C15H24FNO/c1-11(2)5-4-6-12(3)17-10-13-7-14(16)9-15(18)8-13/h7-9,11-12,17-18H,4-6,10H2,1-3H3. The molecule has 102 valence electrons. The quantitative estimate of drug-likeness (QED) is 0.774. The Morgan fingerprint density at radius 3 is 2.50 bits per heavy atom. The predicted molar refractivity (Wildman–Crippen MR) is 73.1 cm³/mol. The summed E-state index contributed by atoms with van der Waals surface area (Å²) in [5.41, 5.74) is 0.781. The molecule has 0 aliphatic rings.